The molecule has 1 saturated heterocycles. The average molecular weight is 223 g/mol. The molecule has 0 aromatic carbocycles. The minimum Gasteiger partial charge on any atom is -0.372 e. The Morgan fingerprint density at radius 1 is 1.53 bits per heavy atom. The molecule has 80 valence electrons. The van der Waals surface area contributed by atoms with Crippen molar-refractivity contribution in [1.82, 2.24) is 4.98 Å². The smallest absolute Gasteiger partial charge is 0.186 e. The van der Waals surface area contributed by atoms with Crippen LogP contribution in [-0.2, 0) is 4.74 Å². The third-order valence-corrected chi connectivity index (χ3v) is 3.20. The van der Waals surface area contributed by atoms with Crippen molar-refractivity contribution >= 4 is 16.5 Å². The molecule has 2 atom stereocenters. The molecular weight excluding hydrogens is 210 g/mol. The topological polar surface area (TPSA) is 49.2 Å². The van der Waals surface area contributed by atoms with E-state index < -0.39 is 0 Å². The molecule has 1 aliphatic heterocycles. The van der Waals surface area contributed by atoms with E-state index in [4.69, 9.17) is 10.00 Å². The summed E-state index contributed by atoms with van der Waals surface area (Å²) < 4.78 is 5.64. The van der Waals surface area contributed by atoms with Gasteiger partial charge >= 0.3 is 0 Å². The lowest BCUT2D eigenvalue weighted by atomic mass is 10.2. The van der Waals surface area contributed by atoms with Crippen LogP contribution in [0, 0.1) is 11.3 Å². The van der Waals surface area contributed by atoms with Crippen molar-refractivity contribution in [2.45, 2.75) is 26.1 Å². The summed E-state index contributed by atoms with van der Waals surface area (Å²) in [6.45, 7) is 5.81. The van der Waals surface area contributed by atoms with Crippen molar-refractivity contribution in [3.8, 4) is 6.07 Å². The molecule has 2 rings (SSSR count). The zero-order chi connectivity index (χ0) is 10.8. The highest BCUT2D eigenvalue weighted by Gasteiger charge is 2.24. The molecular formula is C10H13N3OS. The number of ether oxygens (including phenoxy) is 1. The second-order valence-corrected chi connectivity index (χ2v) is 4.63. The van der Waals surface area contributed by atoms with Crippen LogP contribution in [0.2, 0.25) is 0 Å². The van der Waals surface area contributed by atoms with Crippen LogP contribution in [-0.4, -0.2) is 30.3 Å². The van der Waals surface area contributed by atoms with E-state index in [1.54, 1.807) is 5.38 Å². The van der Waals surface area contributed by atoms with Gasteiger partial charge in [-0.15, -0.1) is 11.3 Å². The number of aromatic nitrogens is 1. The zero-order valence-corrected chi connectivity index (χ0v) is 9.62. The maximum Gasteiger partial charge on any atom is 0.186 e. The van der Waals surface area contributed by atoms with E-state index in [2.05, 4.69) is 29.8 Å². The lowest BCUT2D eigenvalue weighted by molar-refractivity contribution is -0.00522. The molecule has 15 heavy (non-hydrogen) atoms. The molecule has 0 spiro atoms. The second-order valence-electron chi connectivity index (χ2n) is 3.79. The molecule has 1 aliphatic rings. The number of morpholine rings is 1. The van der Waals surface area contributed by atoms with Crippen LogP contribution in [0.1, 0.15) is 19.5 Å². The van der Waals surface area contributed by atoms with Gasteiger partial charge in [-0.05, 0) is 13.8 Å². The van der Waals surface area contributed by atoms with Crippen molar-refractivity contribution in [2.24, 2.45) is 0 Å². The van der Waals surface area contributed by atoms with Gasteiger partial charge < -0.3 is 9.64 Å². The first-order chi connectivity index (χ1) is 7.19. The van der Waals surface area contributed by atoms with Gasteiger partial charge in [0.25, 0.3) is 0 Å². The van der Waals surface area contributed by atoms with Gasteiger partial charge in [0.2, 0.25) is 0 Å². The molecule has 1 aromatic rings. The van der Waals surface area contributed by atoms with Crippen LogP contribution < -0.4 is 4.90 Å². The van der Waals surface area contributed by atoms with Crippen molar-refractivity contribution in [1.29, 1.82) is 5.26 Å². The van der Waals surface area contributed by atoms with Gasteiger partial charge in [0.1, 0.15) is 6.07 Å². The van der Waals surface area contributed by atoms with E-state index in [1.165, 1.54) is 11.3 Å². The van der Waals surface area contributed by atoms with Gasteiger partial charge in [-0.1, -0.05) is 0 Å². The highest BCUT2D eigenvalue weighted by Crippen LogP contribution is 2.23. The van der Waals surface area contributed by atoms with Crippen molar-refractivity contribution in [2.75, 3.05) is 18.0 Å². The Morgan fingerprint density at radius 2 is 2.20 bits per heavy atom. The molecule has 2 heterocycles. The summed E-state index contributed by atoms with van der Waals surface area (Å²) in [5.41, 5.74) is 0.502. The van der Waals surface area contributed by atoms with E-state index in [0.717, 1.165) is 18.2 Å². The third-order valence-electron chi connectivity index (χ3n) is 2.30. The normalized spacial score (nSPS) is 26.3. The lowest BCUT2D eigenvalue weighted by Crippen LogP contribution is -2.45. The number of nitriles is 1. The molecule has 1 aromatic heterocycles. The van der Waals surface area contributed by atoms with Crippen LogP contribution in [0.15, 0.2) is 5.38 Å². The first-order valence-corrected chi connectivity index (χ1v) is 5.83. The molecule has 0 amide bonds. The zero-order valence-electron chi connectivity index (χ0n) is 8.80. The molecule has 0 radical (unpaired) electrons. The van der Waals surface area contributed by atoms with E-state index in [-0.39, 0.29) is 12.2 Å². The monoisotopic (exact) mass is 223 g/mol. The molecule has 4 nitrogen and oxygen atoms in total. The Bertz CT molecular complexity index is 374. The molecule has 2 unspecified atom stereocenters. The van der Waals surface area contributed by atoms with Crippen LogP contribution in [0.5, 0.6) is 0 Å². The highest BCUT2D eigenvalue weighted by molar-refractivity contribution is 7.13. The maximum absolute atomic E-state index is 8.70. The number of hydrogen-bond donors (Lipinski definition) is 0. The van der Waals surface area contributed by atoms with Crippen molar-refractivity contribution < 1.29 is 4.74 Å². The maximum atomic E-state index is 8.70. The Balaban J connectivity index is 2.13. The van der Waals surface area contributed by atoms with Crippen LogP contribution in [0.3, 0.4) is 0 Å². The Hall–Kier alpha value is -1.12. The Kier molecular flexibility index (Phi) is 2.89. The van der Waals surface area contributed by atoms with Crippen molar-refractivity contribution in [3.05, 3.63) is 11.1 Å². The van der Waals surface area contributed by atoms with Gasteiger partial charge in [0, 0.05) is 18.5 Å². The fraction of sp³-hybridized carbons (Fsp3) is 0.600. The fourth-order valence-electron chi connectivity index (χ4n) is 1.79. The van der Waals surface area contributed by atoms with E-state index in [9.17, 15) is 0 Å². The predicted octanol–water partition coefficient (Wildman–Crippen LogP) is 1.63. The van der Waals surface area contributed by atoms with E-state index >= 15 is 0 Å². The largest absolute Gasteiger partial charge is 0.372 e. The van der Waals surface area contributed by atoms with Gasteiger partial charge in [-0.3, -0.25) is 0 Å². The van der Waals surface area contributed by atoms with Crippen LogP contribution >= 0.6 is 11.3 Å². The Labute approximate surface area is 93.1 Å². The van der Waals surface area contributed by atoms with Gasteiger partial charge in [-0.25, -0.2) is 4.98 Å². The summed E-state index contributed by atoms with van der Waals surface area (Å²) in [6, 6.07) is 2.05. The predicted molar refractivity (Wildman–Crippen MR) is 59.1 cm³/mol. The summed E-state index contributed by atoms with van der Waals surface area (Å²) in [5.74, 6) is 0. The minimum absolute atomic E-state index is 0.225. The number of rotatable bonds is 1. The molecule has 0 N–H and O–H groups in total. The number of hydrogen-bond acceptors (Lipinski definition) is 5. The lowest BCUT2D eigenvalue weighted by Gasteiger charge is -2.35. The van der Waals surface area contributed by atoms with Crippen LogP contribution in [0.25, 0.3) is 0 Å². The summed E-state index contributed by atoms with van der Waals surface area (Å²) >= 11 is 1.52. The van der Waals surface area contributed by atoms with E-state index in [0.29, 0.717) is 5.69 Å². The number of nitrogens with zero attached hydrogens (tertiary/aromatic N) is 3. The Morgan fingerprint density at radius 3 is 2.73 bits per heavy atom. The third kappa shape index (κ3) is 2.28. The molecule has 0 saturated carbocycles. The van der Waals surface area contributed by atoms with Crippen LogP contribution in [0.4, 0.5) is 5.13 Å². The van der Waals surface area contributed by atoms with Gasteiger partial charge in [-0.2, -0.15) is 5.26 Å². The van der Waals surface area contributed by atoms with Crippen molar-refractivity contribution in [3.63, 3.8) is 0 Å². The molecule has 5 heteroatoms. The summed E-state index contributed by atoms with van der Waals surface area (Å²) in [6.07, 6.45) is 0.450. The minimum atomic E-state index is 0.225. The molecule has 0 aliphatic carbocycles. The number of anilines is 1. The first-order valence-electron chi connectivity index (χ1n) is 4.95. The van der Waals surface area contributed by atoms with Gasteiger partial charge in [0.05, 0.1) is 12.2 Å². The molecule has 1 fully saturated rings. The van der Waals surface area contributed by atoms with E-state index in [1.807, 2.05) is 0 Å². The standard InChI is InChI=1S/C10H13N3OS/c1-7-4-13(5-8(2)14-7)10-12-9(3-11)6-15-10/h6-8H,4-5H2,1-2H3. The first kappa shape index (κ1) is 10.4. The summed E-state index contributed by atoms with van der Waals surface area (Å²) in [7, 11) is 0. The summed E-state index contributed by atoms with van der Waals surface area (Å²) in [5, 5.41) is 11.4. The highest BCUT2D eigenvalue weighted by atomic mass is 32.1. The quantitative estimate of drug-likeness (QED) is 0.726. The SMILES string of the molecule is CC1CN(c2nc(C#N)cs2)CC(C)O1. The number of thiazole rings is 1. The average Bonchev–Trinajstić information content (AvgIpc) is 2.64. The molecule has 0 bridgehead atoms. The fourth-order valence-corrected chi connectivity index (χ4v) is 2.57. The second kappa shape index (κ2) is 4.17. The summed E-state index contributed by atoms with van der Waals surface area (Å²) in [4.78, 5) is 6.43. The van der Waals surface area contributed by atoms with Gasteiger partial charge in [0.15, 0.2) is 10.8 Å².